The topological polar surface area (TPSA) is 212 Å². The number of unbranched alkanes of at least 4 members (excludes halogenated alkanes) is 2. The van der Waals surface area contributed by atoms with Crippen molar-refractivity contribution in [3.63, 3.8) is 0 Å². The van der Waals surface area contributed by atoms with Gasteiger partial charge in [-0.15, -0.1) is 9.40 Å². The molecule has 6 rings (SSSR count). The summed E-state index contributed by atoms with van der Waals surface area (Å²) in [5.74, 6) is -3.54. The van der Waals surface area contributed by atoms with E-state index in [1.54, 1.807) is 28.9 Å². The average molecular weight is 823 g/mol. The van der Waals surface area contributed by atoms with E-state index in [1.807, 2.05) is 56.7 Å². The zero-order chi connectivity index (χ0) is 41.4. The molecule has 0 unspecified atom stereocenters. The average Bonchev–Trinajstić information content (AvgIpc) is 3.65. The van der Waals surface area contributed by atoms with Crippen molar-refractivity contribution in [1.82, 2.24) is 9.79 Å². The van der Waals surface area contributed by atoms with Gasteiger partial charge in [0.15, 0.2) is 11.5 Å². The first-order valence-corrected chi connectivity index (χ1v) is 20.8. The van der Waals surface area contributed by atoms with E-state index in [0.717, 1.165) is 35.2 Å². The highest BCUT2D eigenvalue weighted by molar-refractivity contribution is 7.94. The first kappa shape index (κ1) is 41.5. The van der Waals surface area contributed by atoms with E-state index in [2.05, 4.69) is 14.3 Å². The fraction of sp³-hybridized carbons (Fsp3) is 0.385. The maximum absolute atomic E-state index is 13.9. The van der Waals surface area contributed by atoms with Crippen LogP contribution in [-0.4, -0.2) is 77.8 Å². The van der Waals surface area contributed by atoms with Gasteiger partial charge in [-0.25, -0.2) is 23.2 Å². The van der Waals surface area contributed by atoms with Crippen LogP contribution in [0.2, 0.25) is 0 Å². The number of carbonyl (C=O) groups is 5. The Morgan fingerprint density at radius 3 is 2.35 bits per heavy atom. The van der Waals surface area contributed by atoms with Gasteiger partial charge in [-0.3, -0.25) is 19.2 Å². The SMILES string of the molecule is CC1(C)C(=CC2=C([O-])C(=CC3=[N+](CC(=O)NS(C)(=O)=O)c4ccc(SOOO)cc4C3(C)C)C2=O)N(CCCCCC(=O)ON2C(=O)CCC2=O)c2ccccc21. The lowest BCUT2D eigenvalue weighted by molar-refractivity contribution is -0.432. The fourth-order valence-electron chi connectivity index (χ4n) is 7.61. The van der Waals surface area contributed by atoms with Crippen molar-refractivity contribution < 1.29 is 61.5 Å². The molecule has 2 N–H and O–H groups in total. The third-order valence-corrected chi connectivity index (χ3v) is 11.6. The number of fused-ring (bicyclic) bond motifs is 2. The van der Waals surface area contributed by atoms with Crippen LogP contribution in [0.25, 0.3) is 0 Å². The Hall–Kier alpha value is -5.14. The maximum Gasteiger partial charge on any atom is 0.333 e. The zero-order valence-electron chi connectivity index (χ0n) is 31.9. The summed E-state index contributed by atoms with van der Waals surface area (Å²) in [5, 5.41) is 26.8. The van der Waals surface area contributed by atoms with Gasteiger partial charge >= 0.3 is 5.97 Å². The summed E-state index contributed by atoms with van der Waals surface area (Å²) in [7, 11) is -3.88. The van der Waals surface area contributed by atoms with Crippen molar-refractivity contribution in [1.29, 1.82) is 0 Å². The summed E-state index contributed by atoms with van der Waals surface area (Å²) in [4.78, 5) is 70.3. The van der Waals surface area contributed by atoms with Crippen molar-refractivity contribution in [2.24, 2.45) is 0 Å². The molecule has 0 bridgehead atoms. The number of para-hydroxylation sites is 1. The van der Waals surface area contributed by atoms with E-state index in [4.69, 9.17) is 10.1 Å². The van der Waals surface area contributed by atoms with E-state index in [1.165, 1.54) is 6.08 Å². The molecule has 302 valence electrons. The van der Waals surface area contributed by atoms with Crippen LogP contribution in [0.1, 0.15) is 77.3 Å². The standard InChI is InChI=1S/C39H42N4O12S2/c1-38(2)26-11-8-9-12-28(26)41(18-10-6-7-13-35(47)53-43-33(45)16-17-34(43)46)30(38)20-24-36(48)25(37(24)49)21-31-39(3,4)27-19-23(56-55-54-50)14-15-29(27)42(31)22-32(44)40-57(5,51)52/h8-9,11-12,14-15,19-21H,6-7,10,13,16-18,22H2,1-5H3,(H2-,40,44,48,49,50). The molecule has 3 heterocycles. The van der Waals surface area contributed by atoms with Crippen molar-refractivity contribution in [3.05, 3.63) is 88.3 Å². The van der Waals surface area contributed by atoms with E-state index in [-0.39, 0.29) is 30.4 Å². The van der Waals surface area contributed by atoms with Crippen LogP contribution in [-0.2, 0) is 59.0 Å². The lowest BCUT2D eigenvalue weighted by Gasteiger charge is -2.33. The maximum atomic E-state index is 13.9. The molecule has 57 heavy (non-hydrogen) atoms. The highest BCUT2D eigenvalue weighted by Gasteiger charge is 2.47. The van der Waals surface area contributed by atoms with Crippen LogP contribution in [0.5, 0.6) is 0 Å². The number of anilines is 1. The number of benzene rings is 2. The second-order valence-corrected chi connectivity index (χ2v) is 17.6. The van der Waals surface area contributed by atoms with Crippen LogP contribution >= 0.6 is 12.0 Å². The Bertz CT molecular complexity index is 2290. The molecule has 0 atom stereocenters. The summed E-state index contributed by atoms with van der Waals surface area (Å²) in [6.07, 6.45) is 5.70. The monoisotopic (exact) mass is 822 g/mol. The first-order chi connectivity index (χ1) is 26.8. The number of hydroxylamine groups is 2. The second kappa shape index (κ2) is 16.0. The molecule has 1 aliphatic carbocycles. The summed E-state index contributed by atoms with van der Waals surface area (Å²) in [6, 6.07) is 12.8. The van der Waals surface area contributed by atoms with Crippen LogP contribution in [0.15, 0.2) is 82.1 Å². The highest BCUT2D eigenvalue weighted by Crippen LogP contribution is 2.49. The molecule has 16 nitrogen and oxygen atoms in total. The number of imide groups is 1. The Morgan fingerprint density at radius 2 is 1.68 bits per heavy atom. The van der Waals surface area contributed by atoms with E-state index in [9.17, 15) is 37.5 Å². The quantitative estimate of drug-likeness (QED) is 0.0501. The van der Waals surface area contributed by atoms with E-state index in [0.29, 0.717) is 52.7 Å². The highest BCUT2D eigenvalue weighted by atomic mass is 32.2. The van der Waals surface area contributed by atoms with Gasteiger partial charge in [0.2, 0.25) is 22.3 Å². The van der Waals surface area contributed by atoms with Gasteiger partial charge in [0.1, 0.15) is 0 Å². The predicted molar refractivity (Wildman–Crippen MR) is 204 cm³/mol. The van der Waals surface area contributed by atoms with Crippen LogP contribution in [0.4, 0.5) is 11.4 Å². The van der Waals surface area contributed by atoms with Gasteiger partial charge < -0.3 is 14.8 Å². The van der Waals surface area contributed by atoms with Crippen LogP contribution < -0.4 is 14.7 Å². The lowest BCUT2D eigenvalue weighted by Crippen LogP contribution is -2.38. The minimum Gasteiger partial charge on any atom is -0.871 e. The van der Waals surface area contributed by atoms with Crippen molar-refractivity contribution in [2.75, 3.05) is 24.2 Å². The minimum atomic E-state index is -3.88. The molecule has 0 spiro atoms. The number of hydrogen-bond acceptors (Lipinski definition) is 14. The summed E-state index contributed by atoms with van der Waals surface area (Å²) in [6.45, 7) is 7.76. The molecular weight excluding hydrogens is 781 g/mol. The van der Waals surface area contributed by atoms with Crippen molar-refractivity contribution in [3.8, 4) is 0 Å². The molecule has 18 heteroatoms. The number of nitrogens with one attached hydrogen (secondary N) is 1. The predicted octanol–water partition coefficient (Wildman–Crippen LogP) is 3.54. The van der Waals surface area contributed by atoms with Gasteiger partial charge in [0.05, 0.1) is 23.7 Å². The zero-order valence-corrected chi connectivity index (χ0v) is 33.6. The molecule has 0 radical (unpaired) electrons. The molecule has 3 amide bonds. The summed E-state index contributed by atoms with van der Waals surface area (Å²) < 4.78 is 31.9. The van der Waals surface area contributed by atoms with E-state index < -0.39 is 62.6 Å². The van der Waals surface area contributed by atoms with E-state index >= 15 is 0 Å². The van der Waals surface area contributed by atoms with Gasteiger partial charge in [0.25, 0.3) is 17.7 Å². The first-order valence-electron chi connectivity index (χ1n) is 18.1. The number of allylic oxidation sites excluding steroid dienone is 5. The lowest BCUT2D eigenvalue weighted by atomic mass is 9.77. The Kier molecular flexibility index (Phi) is 11.7. The molecule has 2 aromatic rings. The smallest absolute Gasteiger partial charge is 0.333 e. The molecule has 0 saturated carbocycles. The summed E-state index contributed by atoms with van der Waals surface area (Å²) in [5.41, 5.74) is 2.70. The van der Waals surface area contributed by atoms with Gasteiger partial charge in [-0.05, 0) is 56.5 Å². The number of rotatable bonds is 15. The molecule has 3 aliphatic heterocycles. The number of Topliss-reactive ketones (excluding diaryl/α,β-unsaturated/α-hetero) is 1. The third-order valence-electron chi connectivity index (χ3n) is 10.4. The fourth-order valence-corrected chi connectivity index (χ4v) is 8.48. The molecule has 4 aliphatic rings. The van der Waals surface area contributed by atoms with Gasteiger partial charge in [-0.2, -0.15) is 4.58 Å². The molecule has 0 aromatic heterocycles. The summed E-state index contributed by atoms with van der Waals surface area (Å²) >= 11 is 0.729. The Balaban J connectivity index is 1.26. The number of hydrogen-bond donors (Lipinski definition) is 2. The molecule has 1 saturated heterocycles. The minimum absolute atomic E-state index is 0.00833. The van der Waals surface area contributed by atoms with Crippen molar-refractivity contribution in [2.45, 2.75) is 81.9 Å². The molecule has 2 aromatic carbocycles. The number of carbonyl (C=O) groups excluding carboxylic acids is 5. The molecule has 1 fully saturated rings. The van der Waals surface area contributed by atoms with Crippen LogP contribution in [0.3, 0.4) is 0 Å². The third kappa shape index (κ3) is 8.31. The van der Waals surface area contributed by atoms with Gasteiger partial charge in [-0.1, -0.05) is 49.3 Å². The number of nitrogens with zero attached hydrogens (tertiary/aromatic N) is 3. The second-order valence-electron chi connectivity index (χ2n) is 15.1. The molecular formula is C39H42N4O12S2. The Morgan fingerprint density at radius 1 is 0.982 bits per heavy atom. The largest absolute Gasteiger partial charge is 0.871 e. The van der Waals surface area contributed by atoms with Gasteiger partial charge in [0, 0.05) is 76.4 Å². The number of sulfonamides is 1. The Labute approximate surface area is 333 Å². The number of amides is 3. The number of ketones is 1. The van der Waals surface area contributed by atoms with Crippen LogP contribution in [0, 0.1) is 0 Å². The van der Waals surface area contributed by atoms with Crippen molar-refractivity contribution >= 4 is 68.6 Å². The normalized spacial score (nSPS) is 19.8.